The van der Waals surface area contributed by atoms with Gasteiger partial charge in [0.15, 0.2) is 0 Å². The van der Waals surface area contributed by atoms with Crippen LogP contribution in [0.1, 0.15) is 29.6 Å². The summed E-state index contributed by atoms with van der Waals surface area (Å²) < 4.78 is 0. The summed E-state index contributed by atoms with van der Waals surface area (Å²) in [5, 5.41) is 9.68. The Hall–Kier alpha value is -1.55. The van der Waals surface area contributed by atoms with E-state index in [0.717, 1.165) is 38.9 Å². The van der Waals surface area contributed by atoms with E-state index >= 15 is 0 Å². The van der Waals surface area contributed by atoms with Crippen LogP contribution < -0.4 is 5.73 Å². The average molecular weight is 248 g/mol. The number of amides is 1. The van der Waals surface area contributed by atoms with Crippen molar-refractivity contribution >= 4 is 5.91 Å². The van der Waals surface area contributed by atoms with Crippen molar-refractivity contribution in [3.05, 3.63) is 29.8 Å². The molecule has 3 N–H and O–H groups in total. The highest BCUT2D eigenvalue weighted by molar-refractivity contribution is 5.96. The molecule has 1 aliphatic heterocycles. The standard InChI is InChI=1S/C14H20N2O2/c15-8-5-11-6-9-16(10-7-11)14(18)12-3-1-2-4-13(12)17/h1-4,11,17H,5-10,15H2. The lowest BCUT2D eigenvalue weighted by molar-refractivity contribution is 0.0685. The second-order valence-corrected chi connectivity index (χ2v) is 4.83. The van der Waals surface area contributed by atoms with Gasteiger partial charge in [-0.2, -0.15) is 0 Å². The zero-order chi connectivity index (χ0) is 13.0. The minimum absolute atomic E-state index is 0.0616. The summed E-state index contributed by atoms with van der Waals surface area (Å²) in [5.41, 5.74) is 5.95. The lowest BCUT2D eigenvalue weighted by atomic mass is 9.93. The molecule has 0 atom stereocenters. The molecule has 0 spiro atoms. The van der Waals surface area contributed by atoms with Crippen LogP contribution in [0.4, 0.5) is 0 Å². The van der Waals surface area contributed by atoms with Crippen LogP contribution in [0.2, 0.25) is 0 Å². The summed E-state index contributed by atoms with van der Waals surface area (Å²) >= 11 is 0. The number of nitrogens with zero attached hydrogens (tertiary/aromatic N) is 1. The number of hydrogen-bond acceptors (Lipinski definition) is 3. The largest absolute Gasteiger partial charge is 0.507 e. The summed E-state index contributed by atoms with van der Waals surface area (Å²) in [6.07, 6.45) is 3.06. The lowest BCUT2D eigenvalue weighted by Gasteiger charge is -2.32. The van der Waals surface area contributed by atoms with Gasteiger partial charge in [0.05, 0.1) is 5.56 Å². The number of carbonyl (C=O) groups excluding carboxylic acids is 1. The quantitative estimate of drug-likeness (QED) is 0.853. The maximum atomic E-state index is 12.2. The monoisotopic (exact) mass is 248 g/mol. The topological polar surface area (TPSA) is 66.6 Å². The Morgan fingerprint density at radius 1 is 1.33 bits per heavy atom. The first-order chi connectivity index (χ1) is 8.72. The van der Waals surface area contributed by atoms with Crippen LogP contribution in [-0.4, -0.2) is 35.5 Å². The van der Waals surface area contributed by atoms with Crippen molar-refractivity contribution in [3.8, 4) is 5.75 Å². The Labute approximate surface area is 107 Å². The molecule has 2 rings (SSSR count). The van der Waals surface area contributed by atoms with Gasteiger partial charge in [-0.05, 0) is 43.9 Å². The molecule has 1 amide bonds. The summed E-state index contributed by atoms with van der Waals surface area (Å²) in [6.45, 7) is 2.24. The number of para-hydroxylation sites is 1. The number of hydrogen-bond donors (Lipinski definition) is 2. The van der Waals surface area contributed by atoms with Crippen LogP contribution in [-0.2, 0) is 0 Å². The van der Waals surface area contributed by atoms with E-state index in [2.05, 4.69) is 0 Å². The molecule has 0 aromatic heterocycles. The second-order valence-electron chi connectivity index (χ2n) is 4.83. The van der Waals surface area contributed by atoms with Crippen molar-refractivity contribution in [1.82, 2.24) is 4.90 Å². The Balaban J connectivity index is 1.98. The number of likely N-dealkylation sites (tertiary alicyclic amines) is 1. The van der Waals surface area contributed by atoms with Gasteiger partial charge in [-0.15, -0.1) is 0 Å². The molecule has 1 saturated heterocycles. The Morgan fingerprint density at radius 2 is 2.00 bits per heavy atom. The van der Waals surface area contributed by atoms with Crippen LogP contribution in [0, 0.1) is 5.92 Å². The highest BCUT2D eigenvalue weighted by Gasteiger charge is 2.24. The molecular formula is C14H20N2O2. The van der Waals surface area contributed by atoms with Crippen molar-refractivity contribution in [3.63, 3.8) is 0 Å². The third-order valence-electron chi connectivity index (χ3n) is 3.61. The predicted molar refractivity (Wildman–Crippen MR) is 70.4 cm³/mol. The molecule has 4 heteroatoms. The summed E-state index contributed by atoms with van der Waals surface area (Å²) in [4.78, 5) is 14.0. The first-order valence-electron chi connectivity index (χ1n) is 6.49. The fourth-order valence-electron chi connectivity index (χ4n) is 2.49. The number of phenolic OH excluding ortho intramolecular Hbond substituents is 1. The minimum atomic E-state index is -0.0701. The molecule has 0 aliphatic carbocycles. The van der Waals surface area contributed by atoms with Crippen molar-refractivity contribution in [2.75, 3.05) is 19.6 Å². The van der Waals surface area contributed by atoms with Crippen molar-refractivity contribution in [2.45, 2.75) is 19.3 Å². The van der Waals surface area contributed by atoms with Crippen LogP contribution in [0.15, 0.2) is 24.3 Å². The number of aromatic hydroxyl groups is 1. The molecule has 1 heterocycles. The minimum Gasteiger partial charge on any atom is -0.507 e. The molecular weight excluding hydrogens is 228 g/mol. The molecule has 1 aromatic carbocycles. The zero-order valence-electron chi connectivity index (χ0n) is 10.5. The number of piperidine rings is 1. The van der Waals surface area contributed by atoms with E-state index in [1.807, 2.05) is 4.90 Å². The molecule has 98 valence electrons. The fraction of sp³-hybridized carbons (Fsp3) is 0.500. The van der Waals surface area contributed by atoms with Gasteiger partial charge in [-0.1, -0.05) is 12.1 Å². The fourth-order valence-corrected chi connectivity index (χ4v) is 2.49. The molecule has 1 aromatic rings. The molecule has 0 radical (unpaired) electrons. The van der Waals surface area contributed by atoms with Gasteiger partial charge in [-0.25, -0.2) is 0 Å². The Bertz CT molecular complexity index is 412. The molecule has 18 heavy (non-hydrogen) atoms. The second kappa shape index (κ2) is 5.87. The lowest BCUT2D eigenvalue weighted by Crippen LogP contribution is -2.38. The van der Waals surface area contributed by atoms with E-state index in [1.165, 1.54) is 0 Å². The third-order valence-corrected chi connectivity index (χ3v) is 3.61. The van der Waals surface area contributed by atoms with E-state index in [1.54, 1.807) is 24.3 Å². The molecule has 1 fully saturated rings. The molecule has 0 bridgehead atoms. The van der Waals surface area contributed by atoms with Crippen LogP contribution in [0.25, 0.3) is 0 Å². The molecule has 1 aliphatic rings. The van der Waals surface area contributed by atoms with Gasteiger partial charge in [0.2, 0.25) is 0 Å². The van der Waals surface area contributed by atoms with Crippen molar-refractivity contribution in [1.29, 1.82) is 0 Å². The summed E-state index contributed by atoms with van der Waals surface area (Å²) in [7, 11) is 0. The van der Waals surface area contributed by atoms with Gasteiger partial charge < -0.3 is 15.7 Å². The Morgan fingerprint density at radius 3 is 2.61 bits per heavy atom. The zero-order valence-corrected chi connectivity index (χ0v) is 10.5. The third kappa shape index (κ3) is 2.82. The highest BCUT2D eigenvalue weighted by Crippen LogP contribution is 2.23. The number of benzene rings is 1. The number of carbonyl (C=O) groups is 1. The first kappa shape index (κ1) is 12.9. The molecule has 4 nitrogen and oxygen atoms in total. The number of rotatable bonds is 3. The van der Waals surface area contributed by atoms with Crippen molar-refractivity contribution < 1.29 is 9.90 Å². The van der Waals surface area contributed by atoms with Gasteiger partial charge in [-0.3, -0.25) is 4.79 Å². The van der Waals surface area contributed by atoms with Crippen LogP contribution >= 0.6 is 0 Å². The number of nitrogens with two attached hydrogens (primary N) is 1. The van der Waals surface area contributed by atoms with Gasteiger partial charge in [0.25, 0.3) is 5.91 Å². The van der Waals surface area contributed by atoms with E-state index in [9.17, 15) is 9.90 Å². The van der Waals surface area contributed by atoms with E-state index < -0.39 is 0 Å². The van der Waals surface area contributed by atoms with Gasteiger partial charge >= 0.3 is 0 Å². The SMILES string of the molecule is NCCC1CCN(C(=O)c2ccccc2O)CC1. The van der Waals surface area contributed by atoms with E-state index in [-0.39, 0.29) is 11.7 Å². The smallest absolute Gasteiger partial charge is 0.257 e. The van der Waals surface area contributed by atoms with Crippen molar-refractivity contribution in [2.24, 2.45) is 11.7 Å². The number of phenols is 1. The molecule has 0 unspecified atom stereocenters. The maximum absolute atomic E-state index is 12.2. The maximum Gasteiger partial charge on any atom is 0.257 e. The van der Waals surface area contributed by atoms with Gasteiger partial charge in [0.1, 0.15) is 5.75 Å². The summed E-state index contributed by atoms with van der Waals surface area (Å²) in [5.74, 6) is 0.634. The van der Waals surface area contributed by atoms with Crippen LogP contribution in [0.5, 0.6) is 5.75 Å². The Kier molecular flexibility index (Phi) is 4.20. The predicted octanol–water partition coefficient (Wildman–Crippen LogP) is 1.59. The van der Waals surface area contributed by atoms with Crippen LogP contribution in [0.3, 0.4) is 0 Å². The molecule has 0 saturated carbocycles. The van der Waals surface area contributed by atoms with E-state index in [4.69, 9.17) is 5.73 Å². The normalized spacial score (nSPS) is 16.8. The summed E-state index contributed by atoms with van der Waals surface area (Å²) in [6, 6.07) is 6.71. The average Bonchev–Trinajstić information content (AvgIpc) is 2.40. The first-order valence-corrected chi connectivity index (χ1v) is 6.49. The highest BCUT2D eigenvalue weighted by atomic mass is 16.3. The van der Waals surface area contributed by atoms with Gasteiger partial charge in [0, 0.05) is 13.1 Å². The van der Waals surface area contributed by atoms with E-state index in [0.29, 0.717) is 11.5 Å².